The van der Waals surface area contributed by atoms with Gasteiger partial charge < -0.3 is 9.47 Å². The number of rotatable bonds is 7. The van der Waals surface area contributed by atoms with E-state index < -0.39 is 0 Å². The number of aromatic nitrogens is 1. The quantitative estimate of drug-likeness (QED) is 0.718. The molecule has 1 aliphatic rings. The lowest BCUT2D eigenvalue weighted by molar-refractivity contribution is 0.0374. The van der Waals surface area contributed by atoms with Crippen LogP contribution in [0.4, 0.5) is 0 Å². The van der Waals surface area contributed by atoms with Gasteiger partial charge in [-0.15, -0.1) is 0 Å². The summed E-state index contributed by atoms with van der Waals surface area (Å²) in [5.74, 6) is 0.637. The Morgan fingerprint density at radius 1 is 1.08 bits per heavy atom. The number of hydrogen-bond acceptors (Lipinski definition) is 4. The fourth-order valence-corrected chi connectivity index (χ4v) is 2.98. The zero-order valence-corrected chi connectivity index (χ0v) is 14.5. The van der Waals surface area contributed by atoms with Crippen LogP contribution in [0.1, 0.15) is 17.7 Å². The molecule has 1 fully saturated rings. The summed E-state index contributed by atoms with van der Waals surface area (Å²) in [6.07, 6.45) is 2.00. The van der Waals surface area contributed by atoms with E-state index in [0.717, 1.165) is 56.9 Å². The fraction of sp³-hybridized carbons (Fsp3) is 0.421. The average molecular weight is 347 g/mol. The smallest absolute Gasteiger partial charge is 0.171 e. The summed E-state index contributed by atoms with van der Waals surface area (Å²) in [5.41, 5.74) is 2.13. The summed E-state index contributed by atoms with van der Waals surface area (Å²) < 4.78 is 11.1. The number of halogens is 1. The van der Waals surface area contributed by atoms with E-state index in [-0.39, 0.29) is 0 Å². The Kier molecular flexibility index (Phi) is 6.47. The highest BCUT2D eigenvalue weighted by molar-refractivity contribution is 6.30. The molecular formula is C19H23ClN2O2. The predicted molar refractivity (Wildman–Crippen MR) is 95.6 cm³/mol. The van der Waals surface area contributed by atoms with Crippen LogP contribution < -0.4 is 4.74 Å². The molecule has 0 amide bonds. The zero-order chi connectivity index (χ0) is 16.6. The molecular weight excluding hydrogens is 324 g/mol. The second-order valence-electron chi connectivity index (χ2n) is 5.92. The van der Waals surface area contributed by atoms with Gasteiger partial charge in [0.25, 0.3) is 0 Å². The van der Waals surface area contributed by atoms with E-state index >= 15 is 0 Å². The van der Waals surface area contributed by atoms with E-state index in [2.05, 4.69) is 9.88 Å². The maximum absolute atomic E-state index is 6.26. The maximum Gasteiger partial charge on any atom is 0.171 e. The van der Waals surface area contributed by atoms with Gasteiger partial charge in [0, 0.05) is 18.8 Å². The van der Waals surface area contributed by atoms with Gasteiger partial charge >= 0.3 is 0 Å². The van der Waals surface area contributed by atoms with E-state index in [9.17, 15) is 0 Å². The number of ether oxygens (including phenoxy) is 2. The lowest BCUT2D eigenvalue weighted by Gasteiger charge is -2.26. The Labute approximate surface area is 148 Å². The minimum Gasteiger partial charge on any atom is -0.486 e. The molecule has 2 aromatic rings. The van der Waals surface area contributed by atoms with Crippen LogP contribution in [0.2, 0.25) is 5.15 Å². The van der Waals surface area contributed by atoms with Crippen molar-refractivity contribution in [1.29, 1.82) is 0 Å². The van der Waals surface area contributed by atoms with Crippen molar-refractivity contribution in [1.82, 2.24) is 9.88 Å². The van der Waals surface area contributed by atoms with E-state index in [1.165, 1.54) is 0 Å². The molecule has 1 aliphatic heterocycles. The van der Waals surface area contributed by atoms with Crippen molar-refractivity contribution < 1.29 is 9.47 Å². The number of aryl methyl sites for hydroxylation is 1. The summed E-state index contributed by atoms with van der Waals surface area (Å²) in [4.78, 5) is 6.90. The molecule has 0 saturated carbocycles. The molecule has 2 heterocycles. The van der Waals surface area contributed by atoms with Crippen molar-refractivity contribution in [3.63, 3.8) is 0 Å². The van der Waals surface area contributed by atoms with E-state index in [4.69, 9.17) is 21.1 Å². The van der Waals surface area contributed by atoms with Gasteiger partial charge in [0.15, 0.2) is 10.9 Å². The first kappa shape index (κ1) is 17.2. The Morgan fingerprint density at radius 2 is 1.88 bits per heavy atom. The number of pyridine rings is 1. The standard InChI is InChI=1S/C19H23ClN2O2/c20-19-18(24-15-16-5-2-1-3-6-16)9-8-17(21-19)7-4-10-22-11-13-23-14-12-22/h1-3,5-6,8-9H,4,7,10-15H2. The van der Waals surface area contributed by atoms with E-state index in [1.807, 2.05) is 42.5 Å². The van der Waals surface area contributed by atoms with Gasteiger partial charge in [0.2, 0.25) is 0 Å². The van der Waals surface area contributed by atoms with Crippen LogP contribution in [-0.2, 0) is 17.8 Å². The van der Waals surface area contributed by atoms with Crippen LogP contribution in [0.15, 0.2) is 42.5 Å². The van der Waals surface area contributed by atoms with Crippen LogP contribution in [0.5, 0.6) is 5.75 Å². The first-order valence-electron chi connectivity index (χ1n) is 8.43. The molecule has 0 bridgehead atoms. The van der Waals surface area contributed by atoms with Crippen LogP contribution in [0.3, 0.4) is 0 Å². The number of morpholine rings is 1. The second-order valence-corrected chi connectivity index (χ2v) is 6.28. The van der Waals surface area contributed by atoms with Crippen molar-refractivity contribution >= 4 is 11.6 Å². The highest BCUT2D eigenvalue weighted by Gasteiger charge is 2.10. The molecule has 1 aromatic heterocycles. The van der Waals surface area contributed by atoms with Crippen molar-refractivity contribution in [2.75, 3.05) is 32.8 Å². The van der Waals surface area contributed by atoms with Gasteiger partial charge in [0.1, 0.15) is 6.61 Å². The number of hydrogen-bond donors (Lipinski definition) is 0. The summed E-state index contributed by atoms with van der Waals surface area (Å²) in [5, 5.41) is 0.440. The van der Waals surface area contributed by atoms with Crippen LogP contribution in [-0.4, -0.2) is 42.7 Å². The topological polar surface area (TPSA) is 34.6 Å². The van der Waals surface area contributed by atoms with Crippen molar-refractivity contribution in [2.24, 2.45) is 0 Å². The van der Waals surface area contributed by atoms with Crippen molar-refractivity contribution in [3.8, 4) is 5.75 Å². The minimum absolute atomic E-state index is 0.440. The third-order valence-electron chi connectivity index (χ3n) is 4.12. The third-order valence-corrected chi connectivity index (χ3v) is 4.39. The summed E-state index contributed by atoms with van der Waals surface area (Å²) in [7, 11) is 0. The Morgan fingerprint density at radius 3 is 2.62 bits per heavy atom. The van der Waals surface area contributed by atoms with Gasteiger partial charge in [0.05, 0.1) is 13.2 Å². The normalized spacial score (nSPS) is 15.4. The first-order valence-corrected chi connectivity index (χ1v) is 8.81. The number of nitrogens with zero attached hydrogens (tertiary/aromatic N) is 2. The molecule has 0 spiro atoms. The summed E-state index contributed by atoms with van der Waals surface area (Å²) in [6, 6.07) is 14.0. The maximum atomic E-state index is 6.26. The molecule has 0 atom stereocenters. The van der Waals surface area contributed by atoms with Crippen molar-refractivity contribution in [2.45, 2.75) is 19.4 Å². The molecule has 24 heavy (non-hydrogen) atoms. The van der Waals surface area contributed by atoms with Gasteiger partial charge in [-0.2, -0.15) is 0 Å². The Hall–Kier alpha value is -1.62. The van der Waals surface area contributed by atoms with Crippen LogP contribution >= 0.6 is 11.6 Å². The molecule has 0 aliphatic carbocycles. The van der Waals surface area contributed by atoms with Gasteiger partial charge in [-0.05, 0) is 37.1 Å². The molecule has 4 nitrogen and oxygen atoms in total. The lowest BCUT2D eigenvalue weighted by atomic mass is 10.2. The Bertz CT molecular complexity index is 631. The van der Waals surface area contributed by atoms with Gasteiger partial charge in [-0.3, -0.25) is 4.90 Å². The summed E-state index contributed by atoms with van der Waals surface area (Å²) >= 11 is 6.26. The fourth-order valence-electron chi connectivity index (χ4n) is 2.75. The lowest BCUT2D eigenvalue weighted by Crippen LogP contribution is -2.36. The second kappa shape index (κ2) is 9.02. The van der Waals surface area contributed by atoms with E-state index in [0.29, 0.717) is 17.5 Å². The molecule has 0 unspecified atom stereocenters. The SMILES string of the molecule is Clc1nc(CCCN2CCOCC2)ccc1OCc1ccccc1. The highest BCUT2D eigenvalue weighted by Crippen LogP contribution is 2.23. The molecule has 3 rings (SSSR count). The summed E-state index contributed by atoms with van der Waals surface area (Å²) in [6.45, 7) is 5.32. The average Bonchev–Trinajstić information content (AvgIpc) is 2.63. The zero-order valence-electron chi connectivity index (χ0n) is 13.8. The highest BCUT2D eigenvalue weighted by atomic mass is 35.5. The predicted octanol–water partition coefficient (Wildman–Crippen LogP) is 3.58. The third kappa shape index (κ3) is 5.20. The van der Waals surface area contributed by atoms with Gasteiger partial charge in [-0.1, -0.05) is 41.9 Å². The molecule has 0 N–H and O–H groups in total. The van der Waals surface area contributed by atoms with E-state index in [1.54, 1.807) is 0 Å². The van der Waals surface area contributed by atoms with Crippen LogP contribution in [0, 0.1) is 0 Å². The minimum atomic E-state index is 0.440. The molecule has 0 radical (unpaired) electrons. The molecule has 5 heteroatoms. The van der Waals surface area contributed by atoms with Crippen LogP contribution in [0.25, 0.3) is 0 Å². The first-order chi connectivity index (χ1) is 11.8. The largest absolute Gasteiger partial charge is 0.486 e. The van der Waals surface area contributed by atoms with Crippen molar-refractivity contribution in [3.05, 3.63) is 58.9 Å². The molecule has 1 aromatic carbocycles. The molecule has 1 saturated heterocycles. The molecule has 128 valence electrons. The van der Waals surface area contributed by atoms with Gasteiger partial charge in [-0.25, -0.2) is 4.98 Å². The monoisotopic (exact) mass is 346 g/mol. The number of benzene rings is 1. The Balaban J connectivity index is 1.47.